The summed E-state index contributed by atoms with van der Waals surface area (Å²) in [5, 5.41) is 0. The molecule has 0 saturated heterocycles. The molecule has 0 saturated carbocycles. The van der Waals surface area contributed by atoms with Crippen molar-refractivity contribution in [1.29, 1.82) is 0 Å². The van der Waals surface area contributed by atoms with Gasteiger partial charge >= 0.3 is 5.97 Å². The second kappa shape index (κ2) is 8.92. The molecule has 0 radical (unpaired) electrons. The summed E-state index contributed by atoms with van der Waals surface area (Å²) in [5.41, 5.74) is 4.98. The second-order valence-electron chi connectivity index (χ2n) is 5.89. The van der Waals surface area contributed by atoms with Crippen molar-refractivity contribution in [2.24, 2.45) is 11.1 Å². The zero-order valence-electron chi connectivity index (χ0n) is 13.5. The molecular weight excluding hydrogens is 350 g/mol. The third kappa shape index (κ3) is 11.4. The lowest BCUT2D eigenvalue weighted by molar-refractivity contribution is -0.145. The monoisotopic (exact) mass is 375 g/mol. The molecule has 0 spiro atoms. The molecule has 138 valence electrons. The summed E-state index contributed by atoms with van der Waals surface area (Å²) in [7, 11) is -8.14. The van der Waals surface area contributed by atoms with E-state index in [2.05, 4.69) is 0 Å². The lowest BCUT2D eigenvalue weighted by Crippen LogP contribution is -2.38. The predicted molar refractivity (Wildman–Crippen MR) is 83.8 cm³/mol. The van der Waals surface area contributed by atoms with Gasteiger partial charge in [-0.25, -0.2) is 0 Å². The predicted octanol–water partition coefficient (Wildman–Crippen LogP) is -0.0826. The fourth-order valence-electron chi connectivity index (χ4n) is 1.71. The molecule has 0 bridgehead atoms. The minimum absolute atomic E-state index is 0.159. The number of rotatable bonds is 11. The number of carbonyl (C=O) groups is 1. The zero-order chi connectivity index (χ0) is 18.3. The molecule has 0 aromatic heterocycles. The Balaban J connectivity index is 4.42. The standard InChI is InChI=1S/C12H25NO8S2/c1-4-20-11(14)10(13)8-12(2,3)9-21-23(18,19)7-5-6-22(15,16)17/h10H,4-9,13H2,1-3H3,(H,15,16,17)/t10-/m1/s1. The van der Waals surface area contributed by atoms with Crippen molar-refractivity contribution in [3.8, 4) is 0 Å². The molecule has 0 unspecified atom stereocenters. The van der Waals surface area contributed by atoms with E-state index >= 15 is 0 Å². The van der Waals surface area contributed by atoms with E-state index in [1.165, 1.54) is 0 Å². The van der Waals surface area contributed by atoms with Gasteiger partial charge in [-0.05, 0) is 25.2 Å². The topological polar surface area (TPSA) is 150 Å². The molecule has 3 N–H and O–H groups in total. The largest absolute Gasteiger partial charge is 0.465 e. The summed E-state index contributed by atoms with van der Waals surface area (Å²) < 4.78 is 62.6. The van der Waals surface area contributed by atoms with Gasteiger partial charge < -0.3 is 10.5 Å². The van der Waals surface area contributed by atoms with E-state index in [1.807, 2.05) is 0 Å². The average Bonchev–Trinajstić information content (AvgIpc) is 2.34. The Hall–Kier alpha value is -0.750. The maximum absolute atomic E-state index is 11.7. The lowest BCUT2D eigenvalue weighted by Gasteiger charge is -2.26. The van der Waals surface area contributed by atoms with Crippen molar-refractivity contribution in [3.63, 3.8) is 0 Å². The van der Waals surface area contributed by atoms with Crippen LogP contribution in [-0.4, -0.2) is 58.1 Å². The molecule has 23 heavy (non-hydrogen) atoms. The molecular formula is C12H25NO8S2. The van der Waals surface area contributed by atoms with Crippen LogP contribution in [0.25, 0.3) is 0 Å². The highest BCUT2D eigenvalue weighted by molar-refractivity contribution is 7.87. The molecule has 0 aliphatic heterocycles. The van der Waals surface area contributed by atoms with Gasteiger partial charge in [0, 0.05) is 0 Å². The summed E-state index contributed by atoms with van der Waals surface area (Å²) in [6, 6.07) is -0.893. The second-order valence-corrected chi connectivity index (χ2v) is 9.22. The first-order chi connectivity index (χ1) is 10.3. The van der Waals surface area contributed by atoms with Gasteiger partial charge in [0.25, 0.3) is 20.2 Å². The highest BCUT2D eigenvalue weighted by Gasteiger charge is 2.28. The number of carbonyl (C=O) groups excluding carboxylic acids is 1. The highest BCUT2D eigenvalue weighted by atomic mass is 32.2. The fraction of sp³-hybridized carbons (Fsp3) is 0.917. The van der Waals surface area contributed by atoms with Gasteiger partial charge in [0.05, 0.1) is 24.7 Å². The first kappa shape index (κ1) is 22.2. The third-order valence-corrected chi connectivity index (χ3v) is 4.86. The van der Waals surface area contributed by atoms with Gasteiger partial charge in [-0.3, -0.25) is 13.5 Å². The molecule has 0 aliphatic carbocycles. The van der Waals surface area contributed by atoms with Crippen molar-refractivity contribution in [2.75, 3.05) is 24.7 Å². The third-order valence-electron chi connectivity index (χ3n) is 2.79. The molecule has 0 heterocycles. The van der Waals surface area contributed by atoms with E-state index in [9.17, 15) is 21.6 Å². The SMILES string of the molecule is CCOC(=O)[C@H](N)CC(C)(C)COS(=O)(=O)CCCS(=O)(=O)O. The Morgan fingerprint density at radius 2 is 1.78 bits per heavy atom. The normalized spacial score (nSPS) is 14.5. The van der Waals surface area contributed by atoms with Crippen molar-refractivity contribution in [2.45, 2.75) is 39.7 Å². The summed E-state index contributed by atoms with van der Waals surface area (Å²) >= 11 is 0. The van der Waals surface area contributed by atoms with Crippen LogP contribution in [-0.2, 0) is 34.0 Å². The van der Waals surface area contributed by atoms with Crippen LogP contribution >= 0.6 is 0 Å². The van der Waals surface area contributed by atoms with Gasteiger partial charge in [-0.1, -0.05) is 13.8 Å². The van der Waals surface area contributed by atoms with E-state index < -0.39 is 49.2 Å². The number of esters is 1. The van der Waals surface area contributed by atoms with Crippen LogP contribution in [0.1, 0.15) is 33.6 Å². The molecule has 0 aromatic carbocycles. The van der Waals surface area contributed by atoms with Crippen LogP contribution in [0.3, 0.4) is 0 Å². The summed E-state index contributed by atoms with van der Waals surface area (Å²) in [4.78, 5) is 11.5. The van der Waals surface area contributed by atoms with E-state index in [1.54, 1.807) is 20.8 Å². The van der Waals surface area contributed by atoms with E-state index in [-0.39, 0.29) is 26.1 Å². The molecule has 0 fully saturated rings. The first-order valence-corrected chi connectivity index (χ1v) is 10.2. The average molecular weight is 375 g/mol. The van der Waals surface area contributed by atoms with Gasteiger partial charge in [0.1, 0.15) is 6.04 Å². The number of hydrogen-bond donors (Lipinski definition) is 2. The van der Waals surface area contributed by atoms with E-state index in [4.69, 9.17) is 19.2 Å². The Kier molecular flexibility index (Phi) is 8.63. The molecule has 0 aromatic rings. The molecule has 11 heteroatoms. The summed E-state index contributed by atoms with van der Waals surface area (Å²) in [6.45, 7) is 5.00. The minimum atomic E-state index is -4.21. The fourth-order valence-corrected chi connectivity index (χ4v) is 3.52. The number of nitrogens with two attached hydrogens (primary N) is 1. The van der Waals surface area contributed by atoms with E-state index in [0.717, 1.165) is 0 Å². The van der Waals surface area contributed by atoms with Gasteiger partial charge in [-0.2, -0.15) is 16.8 Å². The van der Waals surface area contributed by atoms with Crippen molar-refractivity contribution in [3.05, 3.63) is 0 Å². The maximum atomic E-state index is 11.7. The van der Waals surface area contributed by atoms with E-state index in [0.29, 0.717) is 0 Å². The molecule has 0 rings (SSSR count). The van der Waals surface area contributed by atoms with Crippen molar-refractivity contribution >= 4 is 26.2 Å². The Morgan fingerprint density at radius 1 is 1.22 bits per heavy atom. The Morgan fingerprint density at radius 3 is 2.26 bits per heavy atom. The van der Waals surface area contributed by atoms with Crippen molar-refractivity contribution in [1.82, 2.24) is 0 Å². The first-order valence-electron chi connectivity index (χ1n) is 7.02. The number of ether oxygens (including phenoxy) is 1. The minimum Gasteiger partial charge on any atom is -0.465 e. The zero-order valence-corrected chi connectivity index (χ0v) is 15.2. The van der Waals surface area contributed by atoms with Gasteiger partial charge in [0.15, 0.2) is 0 Å². The van der Waals surface area contributed by atoms with Crippen LogP contribution in [0.5, 0.6) is 0 Å². The van der Waals surface area contributed by atoms with Crippen LogP contribution in [0.2, 0.25) is 0 Å². The van der Waals surface area contributed by atoms with Crippen LogP contribution in [0.15, 0.2) is 0 Å². The molecule has 0 aliphatic rings. The van der Waals surface area contributed by atoms with Gasteiger partial charge in [0.2, 0.25) is 0 Å². The van der Waals surface area contributed by atoms with Gasteiger partial charge in [-0.15, -0.1) is 0 Å². The summed E-state index contributed by atoms with van der Waals surface area (Å²) in [5.74, 6) is -1.77. The van der Waals surface area contributed by atoms with Crippen LogP contribution in [0.4, 0.5) is 0 Å². The van der Waals surface area contributed by atoms with Crippen molar-refractivity contribution < 1.29 is 35.1 Å². The molecule has 9 nitrogen and oxygen atoms in total. The van der Waals surface area contributed by atoms with Crippen LogP contribution in [0, 0.1) is 5.41 Å². The highest BCUT2D eigenvalue weighted by Crippen LogP contribution is 2.23. The molecule has 0 amide bonds. The smallest absolute Gasteiger partial charge is 0.322 e. The summed E-state index contributed by atoms with van der Waals surface area (Å²) in [6.07, 6.45) is -0.115. The molecule has 1 atom stereocenters. The number of hydrogen-bond acceptors (Lipinski definition) is 8. The Bertz CT molecular complexity index is 582. The van der Waals surface area contributed by atoms with Crippen LogP contribution < -0.4 is 5.73 Å². The lowest BCUT2D eigenvalue weighted by atomic mass is 9.87. The quantitative estimate of drug-likeness (QED) is 0.287. The maximum Gasteiger partial charge on any atom is 0.322 e. The Labute approximate surface area is 137 Å².